The Morgan fingerprint density at radius 3 is 0.722 bits per heavy atom. The highest BCUT2D eigenvalue weighted by molar-refractivity contribution is 8.51. The lowest BCUT2D eigenvalue weighted by Gasteiger charge is -2.09. The van der Waals surface area contributed by atoms with E-state index in [1.165, 1.54) is 84.7 Å². The minimum atomic E-state index is 1.05. The van der Waals surface area contributed by atoms with Gasteiger partial charge in [0.15, 0.2) is 0 Å². The third kappa shape index (κ3) is 10.5. The van der Waals surface area contributed by atoms with Crippen molar-refractivity contribution in [3.8, 4) is 0 Å². The summed E-state index contributed by atoms with van der Waals surface area (Å²) >= 11 is 47.0. The maximum atomic E-state index is 2.36. The maximum absolute atomic E-state index is 2.36. The van der Waals surface area contributed by atoms with Crippen molar-refractivity contribution in [2.75, 3.05) is 35.2 Å². The van der Waals surface area contributed by atoms with Crippen molar-refractivity contribution in [1.82, 2.24) is 0 Å². The van der Waals surface area contributed by atoms with Crippen LogP contribution < -0.4 is 0 Å². The van der Waals surface area contributed by atoms with Crippen LogP contribution in [-0.2, 0) is 0 Å². The van der Waals surface area contributed by atoms with Crippen LogP contribution in [0.1, 0.15) is 0 Å². The summed E-state index contributed by atoms with van der Waals surface area (Å²) < 4.78 is 29.0. The number of hydrogen-bond acceptors (Lipinski definition) is 24. The van der Waals surface area contributed by atoms with Gasteiger partial charge in [0, 0.05) is 10.2 Å². The van der Waals surface area contributed by atoms with Gasteiger partial charge in [-0.05, 0) is 49.3 Å². The summed E-state index contributed by atoms with van der Waals surface area (Å²) in [6.07, 6.45) is 18.2. The van der Waals surface area contributed by atoms with Gasteiger partial charge >= 0.3 is 0 Å². The molecule has 9 heterocycles. The molecule has 0 unspecified atom stereocenters. The van der Waals surface area contributed by atoms with Gasteiger partial charge in [0.2, 0.25) is 0 Å². The summed E-state index contributed by atoms with van der Waals surface area (Å²) in [5.74, 6) is 0. The predicted molar refractivity (Wildman–Crippen MR) is 304 cm³/mol. The molecule has 0 aromatic carbocycles. The molecule has 0 fully saturated rings. The molecule has 24 heteroatoms. The standard InChI is InChI=1S/C30H20S24/c1-31-15-16(32-2)48-27(47-15)29-51-23-24(52-29)44-13(43-23)7-5-11-39-19-20(40-11)36-10-38-22-21(37-9-35-19)41-12(42-22)6-8-14-45-25-26(46-14)54-30(53-25)28-49-17(33-3)18(34-4)50-28/h5-8H,9-10H2,1-4H3. The fraction of sp³-hybridized carbons (Fsp3) is 0.200. The van der Waals surface area contributed by atoms with Gasteiger partial charge in [-0.15, -0.1) is 94.1 Å². The van der Waals surface area contributed by atoms with Crippen molar-refractivity contribution in [3.63, 3.8) is 0 Å². The SMILES string of the molecule is CSC1=C(SC)SC(=C2SC3=C(SC(=CC=C4SC5=C(SCSC6=C(SCS5)SC(=CC=C5SC7=C(S5)SC(=C5SC(SC)=C(SC)S5)S7)S6)S4)S3)S2)S1. The molecule has 0 saturated carbocycles. The van der Waals surface area contributed by atoms with Crippen molar-refractivity contribution >= 4 is 282 Å². The van der Waals surface area contributed by atoms with E-state index < -0.39 is 0 Å². The molecule has 0 saturated heterocycles. The molecule has 0 amide bonds. The first-order chi connectivity index (χ1) is 26.5. The summed E-state index contributed by atoms with van der Waals surface area (Å²) in [6, 6.07) is 0. The van der Waals surface area contributed by atoms with Gasteiger partial charge in [-0.25, -0.2) is 0 Å². The molecule has 0 spiro atoms. The third-order valence-electron chi connectivity index (χ3n) is 6.58. The fourth-order valence-electron chi connectivity index (χ4n) is 4.33. The number of hydrogen-bond donors (Lipinski definition) is 0. The van der Waals surface area contributed by atoms with E-state index in [0.29, 0.717) is 0 Å². The molecule has 0 N–H and O–H groups in total. The second kappa shape index (κ2) is 21.1. The fourth-order valence-corrected chi connectivity index (χ4v) is 39.7. The van der Waals surface area contributed by atoms with Crippen molar-refractivity contribution in [2.24, 2.45) is 0 Å². The molecule has 9 aliphatic heterocycles. The monoisotopic (exact) mass is 1150 g/mol. The molecule has 0 radical (unpaired) electrons. The summed E-state index contributed by atoms with van der Waals surface area (Å²) in [6.45, 7) is 0. The van der Waals surface area contributed by atoms with Crippen LogP contribution >= 0.6 is 282 Å². The van der Waals surface area contributed by atoms with Crippen molar-refractivity contribution in [2.45, 2.75) is 0 Å². The van der Waals surface area contributed by atoms with Gasteiger partial charge in [0.25, 0.3) is 0 Å². The molecule has 0 atom stereocenters. The first-order valence-corrected chi connectivity index (χ1v) is 36.7. The van der Waals surface area contributed by atoms with Gasteiger partial charge < -0.3 is 0 Å². The second-order valence-electron chi connectivity index (χ2n) is 9.80. The molecular weight excluding hydrogens is 1130 g/mol. The lowest BCUT2D eigenvalue weighted by Crippen LogP contribution is -1.80. The summed E-state index contributed by atoms with van der Waals surface area (Å²) in [7, 11) is 0. The van der Waals surface area contributed by atoms with Crippen molar-refractivity contribution in [1.29, 1.82) is 0 Å². The Kier molecular flexibility index (Phi) is 17.4. The largest absolute Gasteiger partial charge is 0.121 e. The van der Waals surface area contributed by atoms with Crippen LogP contribution in [0.4, 0.5) is 0 Å². The Hall–Kier alpha value is 5.28. The van der Waals surface area contributed by atoms with Gasteiger partial charge in [0.05, 0.1) is 84.7 Å². The molecule has 0 bridgehead atoms. The van der Waals surface area contributed by atoms with Crippen LogP contribution in [-0.4, -0.2) is 35.2 Å². The normalized spacial score (nSPS) is 24.8. The number of thioether (sulfide) groups is 24. The van der Waals surface area contributed by atoms with Crippen LogP contribution in [0.5, 0.6) is 0 Å². The molecule has 284 valence electrons. The highest BCUT2D eigenvalue weighted by Gasteiger charge is 2.36. The quantitative estimate of drug-likeness (QED) is 0.248. The summed E-state index contributed by atoms with van der Waals surface area (Å²) in [5.41, 5.74) is 0. The average Bonchev–Trinajstić information content (AvgIpc) is 4.02. The Balaban J connectivity index is 0.738. The Labute approximate surface area is 419 Å². The van der Waals surface area contributed by atoms with Crippen LogP contribution in [0, 0.1) is 0 Å². The summed E-state index contributed by atoms with van der Waals surface area (Å²) in [5, 5.41) is 2.11. The van der Waals surface area contributed by atoms with E-state index in [2.05, 4.69) is 49.3 Å². The van der Waals surface area contributed by atoms with Gasteiger partial charge in [-0.2, -0.15) is 0 Å². The van der Waals surface area contributed by atoms with Crippen molar-refractivity contribution < 1.29 is 0 Å². The molecule has 9 rings (SSSR count). The molecule has 0 aliphatic carbocycles. The van der Waals surface area contributed by atoms with Gasteiger partial charge in [-0.1, -0.05) is 188 Å². The lowest BCUT2D eigenvalue weighted by molar-refractivity contribution is 2.05. The van der Waals surface area contributed by atoms with E-state index in [-0.39, 0.29) is 0 Å². The minimum absolute atomic E-state index is 1.05. The zero-order chi connectivity index (χ0) is 36.8. The highest BCUT2D eigenvalue weighted by Crippen LogP contribution is 2.72. The maximum Gasteiger partial charge on any atom is 0.0718 e. The van der Waals surface area contributed by atoms with Crippen molar-refractivity contribution in [3.05, 3.63) is 109 Å². The van der Waals surface area contributed by atoms with Crippen LogP contribution in [0.3, 0.4) is 0 Å². The summed E-state index contributed by atoms with van der Waals surface area (Å²) in [4.78, 5) is 0. The van der Waals surface area contributed by atoms with Crippen LogP contribution in [0.2, 0.25) is 0 Å². The molecular formula is C30H20S24. The first-order valence-electron chi connectivity index (χ1n) is 14.8. The Bertz CT molecular complexity index is 1800. The van der Waals surface area contributed by atoms with E-state index in [9.17, 15) is 0 Å². The molecule has 54 heavy (non-hydrogen) atoms. The van der Waals surface area contributed by atoms with E-state index in [1.807, 2.05) is 282 Å². The Morgan fingerprint density at radius 1 is 0.278 bits per heavy atom. The van der Waals surface area contributed by atoms with Gasteiger partial charge in [-0.3, -0.25) is 0 Å². The lowest BCUT2D eigenvalue weighted by atomic mass is 10.6. The smallest absolute Gasteiger partial charge is 0.0718 e. The third-order valence-corrected chi connectivity index (χ3v) is 40.2. The van der Waals surface area contributed by atoms with Crippen LogP contribution in [0.25, 0.3) is 0 Å². The van der Waals surface area contributed by atoms with E-state index in [0.717, 1.165) is 10.2 Å². The number of allylic oxidation sites excluding steroid dienone is 4. The second-order valence-corrected chi connectivity index (χ2v) is 39.5. The highest BCUT2D eigenvalue weighted by atomic mass is 32.3. The molecule has 0 aromatic heterocycles. The topological polar surface area (TPSA) is 0 Å². The predicted octanol–water partition coefficient (Wildman–Crippen LogP) is 20.5. The minimum Gasteiger partial charge on any atom is -0.121 e. The van der Waals surface area contributed by atoms with E-state index >= 15 is 0 Å². The average molecular weight is 1150 g/mol. The first kappa shape index (κ1) is 44.5. The molecule has 9 aliphatic rings. The Morgan fingerprint density at radius 2 is 0.481 bits per heavy atom. The zero-order valence-corrected chi connectivity index (χ0v) is 47.1. The van der Waals surface area contributed by atoms with E-state index in [4.69, 9.17) is 0 Å². The molecule has 0 aromatic rings. The number of rotatable bonds is 6. The van der Waals surface area contributed by atoms with Crippen LogP contribution in [0.15, 0.2) is 109 Å². The molecule has 0 nitrogen and oxygen atoms in total. The van der Waals surface area contributed by atoms with Gasteiger partial charge in [0.1, 0.15) is 0 Å². The zero-order valence-electron chi connectivity index (χ0n) is 27.5. The van der Waals surface area contributed by atoms with E-state index in [1.54, 1.807) is 0 Å².